The van der Waals surface area contributed by atoms with Gasteiger partial charge in [-0.2, -0.15) is 0 Å². The number of benzene rings is 3. The number of hydrogen-bond donors (Lipinski definition) is 1. The number of halogens is 1. The number of aromatic nitrogens is 3. The number of carbonyl (C=O) groups excluding carboxylic acids is 1. The summed E-state index contributed by atoms with van der Waals surface area (Å²) in [6.45, 7) is 5.08. The normalized spacial score (nSPS) is 12.4. The summed E-state index contributed by atoms with van der Waals surface area (Å²) in [7, 11) is 0. The first-order valence-electron chi connectivity index (χ1n) is 11.1. The van der Waals surface area contributed by atoms with E-state index in [9.17, 15) is 4.79 Å². The third kappa shape index (κ3) is 4.99. The van der Waals surface area contributed by atoms with Gasteiger partial charge in [0.05, 0.1) is 16.5 Å². The molecule has 2 heterocycles. The van der Waals surface area contributed by atoms with Gasteiger partial charge < -0.3 is 14.8 Å². The predicted octanol–water partition coefficient (Wildman–Crippen LogP) is 5.71. The minimum absolute atomic E-state index is 0.153. The molecule has 0 spiro atoms. The number of ether oxygens (including phenoxy) is 2. The van der Waals surface area contributed by atoms with Crippen molar-refractivity contribution in [3.8, 4) is 28.6 Å². The highest BCUT2D eigenvalue weighted by molar-refractivity contribution is 7.99. The first kappa shape index (κ1) is 23.3. The molecular weight excluding hydrogens is 484 g/mol. The number of carbonyl (C=O) groups is 1. The summed E-state index contributed by atoms with van der Waals surface area (Å²) in [5, 5.41) is 13.0. The van der Waals surface area contributed by atoms with Crippen LogP contribution in [0.2, 0.25) is 5.02 Å². The zero-order valence-electron chi connectivity index (χ0n) is 19.2. The lowest BCUT2D eigenvalue weighted by Gasteiger charge is -2.19. The summed E-state index contributed by atoms with van der Waals surface area (Å²) < 4.78 is 13.1. The quantitative estimate of drug-likeness (QED) is 0.338. The Morgan fingerprint density at radius 2 is 1.83 bits per heavy atom. The highest BCUT2D eigenvalue weighted by Gasteiger charge is 2.20. The van der Waals surface area contributed by atoms with Crippen molar-refractivity contribution in [2.45, 2.75) is 19.0 Å². The van der Waals surface area contributed by atoms with E-state index in [0.29, 0.717) is 46.4 Å². The number of fused-ring (bicyclic) bond motifs is 1. The van der Waals surface area contributed by atoms with Gasteiger partial charge in [0, 0.05) is 17.3 Å². The van der Waals surface area contributed by atoms with Crippen LogP contribution in [0.5, 0.6) is 11.5 Å². The molecule has 1 aromatic heterocycles. The Bertz CT molecular complexity index is 1410. The Morgan fingerprint density at radius 1 is 1.03 bits per heavy atom. The van der Waals surface area contributed by atoms with Gasteiger partial charge in [-0.15, -0.1) is 10.2 Å². The van der Waals surface area contributed by atoms with Crippen molar-refractivity contribution < 1.29 is 14.3 Å². The summed E-state index contributed by atoms with van der Waals surface area (Å²) in [5.41, 5.74) is 4.53. The maximum atomic E-state index is 12.8. The van der Waals surface area contributed by atoms with Gasteiger partial charge in [0.1, 0.15) is 13.2 Å². The molecular formula is C26H23ClN4O3S. The fourth-order valence-electron chi connectivity index (χ4n) is 3.81. The van der Waals surface area contributed by atoms with E-state index in [1.54, 1.807) is 18.2 Å². The van der Waals surface area contributed by atoms with E-state index in [4.69, 9.17) is 21.1 Å². The minimum Gasteiger partial charge on any atom is -0.486 e. The number of anilines is 1. The van der Waals surface area contributed by atoms with Gasteiger partial charge in [0.15, 0.2) is 22.5 Å². The van der Waals surface area contributed by atoms with Crippen molar-refractivity contribution in [2.75, 3.05) is 24.3 Å². The topological polar surface area (TPSA) is 78.3 Å². The molecule has 0 saturated carbocycles. The standard InChI is InChI=1S/C26H23ClN4O3S/c1-16-7-8-17(2)21(13-16)31-25(19-5-3-4-6-20(19)27)29-30-26(31)35-15-24(32)28-18-9-10-22-23(14-18)34-12-11-33-22/h3-10,13-14H,11-12,15H2,1-2H3,(H,28,32). The molecule has 1 aliphatic rings. The van der Waals surface area contributed by atoms with Crippen molar-refractivity contribution in [3.63, 3.8) is 0 Å². The van der Waals surface area contributed by atoms with Crippen LogP contribution >= 0.6 is 23.4 Å². The molecule has 0 aliphatic carbocycles. The van der Waals surface area contributed by atoms with Gasteiger partial charge in [-0.3, -0.25) is 9.36 Å². The van der Waals surface area contributed by atoms with Crippen LogP contribution in [0.25, 0.3) is 17.1 Å². The van der Waals surface area contributed by atoms with Crippen LogP contribution in [-0.2, 0) is 4.79 Å². The molecule has 3 aromatic carbocycles. The minimum atomic E-state index is -0.165. The van der Waals surface area contributed by atoms with Crippen LogP contribution in [0.4, 0.5) is 5.69 Å². The van der Waals surface area contributed by atoms with Crippen LogP contribution < -0.4 is 14.8 Å². The van der Waals surface area contributed by atoms with Gasteiger partial charge in [-0.25, -0.2) is 0 Å². The van der Waals surface area contributed by atoms with Crippen LogP contribution in [0.15, 0.2) is 65.8 Å². The molecule has 1 aliphatic heterocycles. The molecule has 178 valence electrons. The maximum Gasteiger partial charge on any atom is 0.234 e. The lowest BCUT2D eigenvalue weighted by molar-refractivity contribution is -0.113. The Labute approximate surface area is 212 Å². The number of nitrogens with zero attached hydrogens (tertiary/aromatic N) is 3. The lowest BCUT2D eigenvalue weighted by atomic mass is 10.1. The van der Waals surface area contributed by atoms with Crippen molar-refractivity contribution in [2.24, 2.45) is 0 Å². The lowest BCUT2D eigenvalue weighted by Crippen LogP contribution is -2.17. The Balaban J connectivity index is 1.41. The van der Waals surface area contributed by atoms with Crippen LogP contribution in [0.3, 0.4) is 0 Å². The van der Waals surface area contributed by atoms with E-state index in [1.807, 2.05) is 42.7 Å². The number of nitrogens with one attached hydrogen (secondary N) is 1. The number of rotatable bonds is 6. The summed E-state index contributed by atoms with van der Waals surface area (Å²) in [6, 6.07) is 19.1. The summed E-state index contributed by atoms with van der Waals surface area (Å²) in [5.74, 6) is 1.92. The summed E-state index contributed by atoms with van der Waals surface area (Å²) in [4.78, 5) is 12.8. The van der Waals surface area contributed by atoms with Crippen LogP contribution in [0, 0.1) is 13.8 Å². The SMILES string of the molecule is Cc1ccc(C)c(-n2c(SCC(=O)Nc3ccc4c(c3)OCCO4)nnc2-c2ccccc2Cl)c1. The highest BCUT2D eigenvalue weighted by Crippen LogP contribution is 2.34. The molecule has 5 rings (SSSR count). The van der Waals surface area contributed by atoms with Gasteiger partial charge >= 0.3 is 0 Å². The smallest absolute Gasteiger partial charge is 0.234 e. The number of aryl methyl sites for hydroxylation is 2. The first-order chi connectivity index (χ1) is 17.0. The molecule has 0 atom stereocenters. The molecule has 4 aromatic rings. The Morgan fingerprint density at radius 3 is 2.66 bits per heavy atom. The van der Waals surface area contributed by atoms with Gasteiger partial charge in [0.2, 0.25) is 5.91 Å². The molecule has 0 radical (unpaired) electrons. The third-order valence-corrected chi connectivity index (χ3v) is 6.77. The number of hydrogen-bond acceptors (Lipinski definition) is 6. The molecule has 1 N–H and O–H groups in total. The second kappa shape index (κ2) is 10.0. The summed E-state index contributed by atoms with van der Waals surface area (Å²) in [6.07, 6.45) is 0. The molecule has 0 saturated heterocycles. The van der Waals surface area contributed by atoms with E-state index in [1.165, 1.54) is 11.8 Å². The van der Waals surface area contributed by atoms with Crippen molar-refractivity contribution in [1.82, 2.24) is 14.8 Å². The van der Waals surface area contributed by atoms with Gasteiger partial charge in [-0.1, -0.05) is 47.6 Å². The fourth-order valence-corrected chi connectivity index (χ4v) is 4.77. The monoisotopic (exact) mass is 506 g/mol. The van der Waals surface area contributed by atoms with E-state index in [2.05, 4.69) is 33.7 Å². The molecule has 0 unspecified atom stereocenters. The zero-order valence-corrected chi connectivity index (χ0v) is 20.8. The molecule has 35 heavy (non-hydrogen) atoms. The fraction of sp³-hybridized carbons (Fsp3) is 0.192. The van der Waals surface area contributed by atoms with E-state index in [-0.39, 0.29) is 11.7 Å². The largest absolute Gasteiger partial charge is 0.486 e. The van der Waals surface area contributed by atoms with Crippen LogP contribution in [0.1, 0.15) is 11.1 Å². The van der Waals surface area contributed by atoms with E-state index < -0.39 is 0 Å². The van der Waals surface area contributed by atoms with Gasteiger partial charge in [-0.05, 0) is 55.3 Å². The van der Waals surface area contributed by atoms with Crippen LogP contribution in [-0.4, -0.2) is 39.6 Å². The average molecular weight is 507 g/mol. The second-order valence-electron chi connectivity index (χ2n) is 8.11. The molecule has 0 bridgehead atoms. The average Bonchev–Trinajstić information content (AvgIpc) is 3.28. The van der Waals surface area contributed by atoms with E-state index >= 15 is 0 Å². The third-order valence-electron chi connectivity index (χ3n) is 5.51. The van der Waals surface area contributed by atoms with Crippen molar-refractivity contribution in [3.05, 3.63) is 76.8 Å². The Kier molecular flexibility index (Phi) is 6.66. The molecule has 0 fully saturated rings. The molecule has 9 heteroatoms. The predicted molar refractivity (Wildman–Crippen MR) is 138 cm³/mol. The first-order valence-corrected chi connectivity index (χ1v) is 12.5. The second-order valence-corrected chi connectivity index (χ2v) is 9.46. The Hall–Kier alpha value is -3.49. The van der Waals surface area contributed by atoms with Crippen molar-refractivity contribution in [1.29, 1.82) is 0 Å². The molecule has 7 nitrogen and oxygen atoms in total. The summed E-state index contributed by atoms with van der Waals surface area (Å²) >= 11 is 7.81. The molecule has 1 amide bonds. The maximum absolute atomic E-state index is 12.8. The van der Waals surface area contributed by atoms with E-state index in [0.717, 1.165) is 22.4 Å². The highest BCUT2D eigenvalue weighted by atomic mass is 35.5. The zero-order chi connectivity index (χ0) is 24.4. The number of amides is 1. The van der Waals surface area contributed by atoms with Crippen molar-refractivity contribution >= 4 is 35.0 Å². The van der Waals surface area contributed by atoms with Gasteiger partial charge in [0.25, 0.3) is 0 Å². The number of thioether (sulfide) groups is 1.